The third kappa shape index (κ3) is 8.28. The Morgan fingerprint density at radius 1 is 1.07 bits per heavy atom. The number of amides is 1. The van der Waals surface area contributed by atoms with Gasteiger partial charge in [-0.1, -0.05) is 51.1 Å². The molecule has 1 aromatic rings. The summed E-state index contributed by atoms with van der Waals surface area (Å²) < 4.78 is 16.7. The monoisotopic (exact) mass is 437 g/mol. The zero-order valence-corrected chi connectivity index (χ0v) is 20.3. The number of benzene rings is 1. The highest BCUT2D eigenvalue weighted by Crippen LogP contribution is 2.37. The van der Waals surface area contributed by atoms with Crippen LogP contribution in [0.1, 0.15) is 47.1 Å². The van der Waals surface area contributed by atoms with E-state index < -0.39 is 38.1 Å². The molecule has 1 N–H and O–H groups in total. The van der Waals surface area contributed by atoms with Crippen LogP contribution in [0.4, 0.5) is 4.79 Å². The largest absolute Gasteiger partial charge is 0.459 e. The van der Waals surface area contributed by atoms with E-state index in [2.05, 4.69) is 5.32 Å². The van der Waals surface area contributed by atoms with Gasteiger partial charge in [-0.2, -0.15) is 0 Å². The summed E-state index contributed by atoms with van der Waals surface area (Å²) in [4.78, 5) is 37.1. The summed E-state index contributed by atoms with van der Waals surface area (Å²) in [6.07, 6.45) is -1.48. The van der Waals surface area contributed by atoms with E-state index in [1.54, 1.807) is 20.8 Å². The Morgan fingerprint density at radius 3 is 2.10 bits per heavy atom. The molecular weight excluding hydrogens is 402 g/mol. The Labute approximate surface area is 180 Å². The van der Waals surface area contributed by atoms with E-state index >= 15 is 0 Å². The van der Waals surface area contributed by atoms with Gasteiger partial charge >= 0.3 is 12.1 Å². The third-order valence-electron chi connectivity index (χ3n) is 4.85. The SMILES string of the molecule is CC(C)(C)OC(=O)N[C@H](C(=O)OCc1ccccc1)[C@H](C=O)O[Si](C)(C)C(C)(C)C. The first-order valence-corrected chi connectivity index (χ1v) is 12.9. The Morgan fingerprint density at radius 2 is 1.63 bits per heavy atom. The highest BCUT2D eigenvalue weighted by atomic mass is 28.4. The van der Waals surface area contributed by atoms with Crippen molar-refractivity contribution in [2.24, 2.45) is 0 Å². The highest BCUT2D eigenvalue weighted by Gasteiger charge is 2.43. The molecule has 0 saturated carbocycles. The predicted molar refractivity (Wildman–Crippen MR) is 118 cm³/mol. The molecule has 0 aliphatic heterocycles. The molecule has 0 unspecified atom stereocenters. The molecule has 0 aromatic heterocycles. The number of nitrogens with one attached hydrogen (secondary N) is 1. The number of ether oxygens (including phenoxy) is 2. The minimum absolute atomic E-state index is 0.0117. The molecule has 0 bridgehead atoms. The number of aldehydes is 1. The summed E-state index contributed by atoms with van der Waals surface area (Å²) in [5.41, 5.74) is 0.0225. The van der Waals surface area contributed by atoms with Gasteiger partial charge in [0.2, 0.25) is 0 Å². The van der Waals surface area contributed by atoms with Crippen LogP contribution in [0.5, 0.6) is 0 Å². The van der Waals surface area contributed by atoms with Crippen LogP contribution in [-0.2, 0) is 30.1 Å². The van der Waals surface area contributed by atoms with E-state index in [1.165, 1.54) is 0 Å². The van der Waals surface area contributed by atoms with Gasteiger partial charge in [0.05, 0.1) is 0 Å². The molecule has 0 spiro atoms. The van der Waals surface area contributed by atoms with Crippen LogP contribution >= 0.6 is 0 Å². The lowest BCUT2D eigenvalue weighted by Crippen LogP contribution is -2.56. The molecule has 7 nitrogen and oxygen atoms in total. The third-order valence-corrected chi connectivity index (χ3v) is 9.32. The van der Waals surface area contributed by atoms with Gasteiger partial charge in [0.1, 0.15) is 24.6 Å². The van der Waals surface area contributed by atoms with E-state index in [9.17, 15) is 14.4 Å². The summed E-state index contributed by atoms with van der Waals surface area (Å²) in [6.45, 7) is 15.1. The number of carbonyl (C=O) groups is 3. The van der Waals surface area contributed by atoms with Gasteiger partial charge in [-0.3, -0.25) is 0 Å². The molecule has 0 fully saturated rings. The fourth-order valence-corrected chi connectivity index (χ4v) is 3.45. The maximum absolute atomic E-state index is 12.8. The molecule has 0 saturated heterocycles. The van der Waals surface area contributed by atoms with E-state index in [0.29, 0.717) is 6.29 Å². The molecule has 1 aromatic carbocycles. The average Bonchev–Trinajstić information content (AvgIpc) is 2.61. The molecule has 168 valence electrons. The lowest BCUT2D eigenvalue weighted by atomic mass is 10.1. The lowest BCUT2D eigenvalue weighted by Gasteiger charge is -2.39. The van der Waals surface area contributed by atoms with Crippen molar-refractivity contribution in [3.63, 3.8) is 0 Å². The van der Waals surface area contributed by atoms with Gasteiger partial charge in [0, 0.05) is 0 Å². The molecule has 0 aliphatic carbocycles. The normalized spacial score (nSPS) is 14.4. The van der Waals surface area contributed by atoms with Gasteiger partial charge in [-0.05, 0) is 44.5 Å². The van der Waals surface area contributed by atoms with Crippen molar-refractivity contribution >= 4 is 26.7 Å². The molecule has 1 rings (SSSR count). The smallest absolute Gasteiger partial charge is 0.408 e. The zero-order valence-electron chi connectivity index (χ0n) is 19.3. The zero-order chi connectivity index (χ0) is 23.2. The number of carbonyl (C=O) groups excluding carboxylic acids is 3. The Balaban J connectivity index is 3.05. The summed E-state index contributed by atoms with van der Waals surface area (Å²) in [7, 11) is -2.41. The van der Waals surface area contributed by atoms with Crippen LogP contribution in [-0.4, -0.2) is 44.4 Å². The minimum Gasteiger partial charge on any atom is -0.459 e. The molecular formula is C22H35NO6Si. The van der Waals surface area contributed by atoms with Crippen LogP contribution < -0.4 is 5.32 Å². The molecule has 0 aliphatic rings. The second kappa shape index (κ2) is 10.2. The van der Waals surface area contributed by atoms with Crippen molar-refractivity contribution in [2.45, 2.75) is 84.0 Å². The maximum atomic E-state index is 12.8. The van der Waals surface area contributed by atoms with Gasteiger partial charge in [0.15, 0.2) is 14.4 Å². The van der Waals surface area contributed by atoms with Crippen molar-refractivity contribution < 1.29 is 28.3 Å². The van der Waals surface area contributed by atoms with E-state index in [4.69, 9.17) is 13.9 Å². The molecule has 8 heteroatoms. The number of rotatable bonds is 8. The lowest BCUT2D eigenvalue weighted by molar-refractivity contribution is -0.151. The summed E-state index contributed by atoms with van der Waals surface area (Å²) in [5.74, 6) is -0.763. The van der Waals surface area contributed by atoms with Gasteiger partial charge in [-0.25, -0.2) is 9.59 Å². The van der Waals surface area contributed by atoms with Crippen molar-refractivity contribution in [1.82, 2.24) is 5.32 Å². The molecule has 30 heavy (non-hydrogen) atoms. The Bertz CT molecular complexity index is 721. The van der Waals surface area contributed by atoms with Crippen LogP contribution in [0, 0.1) is 0 Å². The van der Waals surface area contributed by atoms with E-state index in [1.807, 2.05) is 64.2 Å². The summed E-state index contributed by atoms with van der Waals surface area (Å²) in [5, 5.41) is 2.27. The number of hydrogen-bond acceptors (Lipinski definition) is 6. The summed E-state index contributed by atoms with van der Waals surface area (Å²) >= 11 is 0. The van der Waals surface area contributed by atoms with Crippen molar-refractivity contribution in [3.8, 4) is 0 Å². The van der Waals surface area contributed by atoms with Crippen LogP contribution in [0.15, 0.2) is 30.3 Å². The standard InChI is InChI=1S/C22H35NO6Si/c1-21(2,3)28-20(26)23-18(17(14-24)29-30(7,8)22(4,5)6)19(25)27-15-16-12-10-9-11-13-16/h9-14,17-18H,15H2,1-8H3,(H,23,26)/t17-,18-/m0/s1. The molecule has 0 radical (unpaired) electrons. The van der Waals surface area contributed by atoms with E-state index in [-0.39, 0.29) is 11.6 Å². The van der Waals surface area contributed by atoms with Gasteiger partial charge < -0.3 is 24.0 Å². The van der Waals surface area contributed by atoms with Crippen LogP contribution in [0.25, 0.3) is 0 Å². The maximum Gasteiger partial charge on any atom is 0.408 e. The Kier molecular flexibility index (Phi) is 8.80. The van der Waals surface area contributed by atoms with Crippen LogP contribution in [0.2, 0.25) is 18.1 Å². The van der Waals surface area contributed by atoms with Crippen molar-refractivity contribution in [1.29, 1.82) is 0 Å². The summed E-state index contributed by atoms with van der Waals surface area (Å²) in [6, 6.07) is 7.81. The van der Waals surface area contributed by atoms with Crippen LogP contribution in [0.3, 0.4) is 0 Å². The van der Waals surface area contributed by atoms with Gasteiger partial charge in [0.25, 0.3) is 0 Å². The first-order valence-electron chi connectivity index (χ1n) is 9.99. The number of esters is 1. The first-order chi connectivity index (χ1) is 13.7. The van der Waals surface area contributed by atoms with Crippen molar-refractivity contribution in [2.75, 3.05) is 0 Å². The minimum atomic E-state index is -2.41. The van der Waals surface area contributed by atoms with Crippen molar-refractivity contribution in [3.05, 3.63) is 35.9 Å². The predicted octanol–water partition coefficient (Wildman–Crippen LogP) is 4.21. The fourth-order valence-electron chi connectivity index (χ4n) is 2.22. The Hall–Kier alpha value is -2.19. The number of alkyl carbamates (subject to hydrolysis) is 1. The van der Waals surface area contributed by atoms with Gasteiger partial charge in [-0.15, -0.1) is 0 Å². The fraction of sp³-hybridized carbons (Fsp3) is 0.591. The number of hydrogen-bond donors (Lipinski definition) is 1. The van der Waals surface area contributed by atoms with E-state index in [0.717, 1.165) is 5.56 Å². The quantitative estimate of drug-likeness (QED) is 0.372. The second-order valence-corrected chi connectivity index (χ2v) is 14.5. The molecule has 1 amide bonds. The molecule has 0 heterocycles. The molecule has 2 atom stereocenters. The highest BCUT2D eigenvalue weighted by molar-refractivity contribution is 6.74. The first kappa shape index (κ1) is 25.8. The average molecular weight is 438 g/mol. The second-order valence-electron chi connectivity index (χ2n) is 9.70. The topological polar surface area (TPSA) is 90.9 Å².